The van der Waals surface area contributed by atoms with E-state index in [0.717, 1.165) is 12.8 Å². The maximum atomic E-state index is 12.2. The summed E-state index contributed by atoms with van der Waals surface area (Å²) in [6.45, 7) is 2.00. The Morgan fingerprint density at radius 1 is 1.38 bits per heavy atom. The Balaban J connectivity index is 2.06. The zero-order valence-electron chi connectivity index (χ0n) is 12.2. The van der Waals surface area contributed by atoms with Gasteiger partial charge in [-0.25, -0.2) is 0 Å². The van der Waals surface area contributed by atoms with Gasteiger partial charge in [0.1, 0.15) is 5.69 Å². The zero-order chi connectivity index (χ0) is 15.4. The Labute approximate surface area is 123 Å². The minimum absolute atomic E-state index is 0.0666. The molecule has 0 aliphatic heterocycles. The molecular formula is C15H21N3O3. The number of nitrogens with zero attached hydrogens (tertiary/aromatic N) is 1. The largest absolute Gasteiger partial charge is 0.393 e. The van der Waals surface area contributed by atoms with E-state index in [1.807, 2.05) is 6.92 Å². The van der Waals surface area contributed by atoms with Crippen LogP contribution in [0, 0.1) is 16.0 Å². The van der Waals surface area contributed by atoms with Gasteiger partial charge < -0.3 is 11.1 Å². The first-order valence-corrected chi connectivity index (χ1v) is 7.34. The number of nitrogen functional groups attached to an aromatic ring is 1. The van der Waals surface area contributed by atoms with Gasteiger partial charge in [0.15, 0.2) is 0 Å². The lowest BCUT2D eigenvalue weighted by molar-refractivity contribution is -0.383. The summed E-state index contributed by atoms with van der Waals surface area (Å²) in [7, 11) is 0. The lowest BCUT2D eigenvalue weighted by Gasteiger charge is -2.28. The van der Waals surface area contributed by atoms with Gasteiger partial charge >= 0.3 is 0 Å². The molecule has 0 aromatic heterocycles. The highest BCUT2D eigenvalue weighted by Gasteiger charge is 2.23. The second-order valence-corrected chi connectivity index (χ2v) is 5.69. The average Bonchev–Trinajstić information content (AvgIpc) is 2.48. The van der Waals surface area contributed by atoms with Gasteiger partial charge in [-0.2, -0.15) is 0 Å². The molecule has 0 radical (unpaired) electrons. The van der Waals surface area contributed by atoms with Crippen molar-refractivity contribution in [2.45, 2.75) is 45.1 Å². The standard InChI is InChI=1S/C15H21N3O3/c1-10(11-5-3-2-4-6-11)17-15(19)12-7-8-13(16)14(9-12)18(20)21/h7-11H,2-6,16H2,1H3,(H,17,19). The second kappa shape index (κ2) is 6.56. The first-order valence-electron chi connectivity index (χ1n) is 7.34. The predicted octanol–water partition coefficient (Wildman–Crippen LogP) is 2.88. The molecule has 0 heterocycles. The van der Waals surface area contributed by atoms with E-state index >= 15 is 0 Å². The Hall–Kier alpha value is -2.11. The van der Waals surface area contributed by atoms with Crippen LogP contribution in [0.3, 0.4) is 0 Å². The molecule has 3 N–H and O–H groups in total. The minimum atomic E-state index is -0.573. The van der Waals surface area contributed by atoms with Gasteiger partial charge in [0.25, 0.3) is 11.6 Å². The van der Waals surface area contributed by atoms with E-state index in [2.05, 4.69) is 5.32 Å². The molecular weight excluding hydrogens is 270 g/mol. The van der Waals surface area contributed by atoms with Crippen LogP contribution in [0.25, 0.3) is 0 Å². The molecule has 114 valence electrons. The molecule has 1 aromatic carbocycles. The minimum Gasteiger partial charge on any atom is -0.393 e. The molecule has 2 rings (SSSR count). The lowest BCUT2D eigenvalue weighted by Crippen LogP contribution is -2.38. The Bertz CT molecular complexity index is 539. The lowest BCUT2D eigenvalue weighted by atomic mass is 9.84. The topological polar surface area (TPSA) is 98.3 Å². The third kappa shape index (κ3) is 3.71. The fourth-order valence-electron chi connectivity index (χ4n) is 2.89. The number of hydrogen-bond donors (Lipinski definition) is 2. The van der Waals surface area contributed by atoms with Crippen molar-refractivity contribution in [2.24, 2.45) is 5.92 Å². The predicted molar refractivity (Wildman–Crippen MR) is 81.0 cm³/mol. The van der Waals surface area contributed by atoms with Crippen LogP contribution in [0.15, 0.2) is 18.2 Å². The maximum absolute atomic E-state index is 12.2. The molecule has 21 heavy (non-hydrogen) atoms. The fourth-order valence-corrected chi connectivity index (χ4v) is 2.89. The van der Waals surface area contributed by atoms with Gasteiger partial charge in [0.2, 0.25) is 0 Å². The van der Waals surface area contributed by atoms with Crippen LogP contribution in [0.5, 0.6) is 0 Å². The number of nitro benzene ring substituents is 1. The third-order valence-electron chi connectivity index (χ3n) is 4.21. The molecule has 0 spiro atoms. The number of carbonyl (C=O) groups is 1. The maximum Gasteiger partial charge on any atom is 0.292 e. The van der Waals surface area contributed by atoms with Gasteiger partial charge in [0.05, 0.1) is 4.92 Å². The molecule has 6 nitrogen and oxygen atoms in total. The third-order valence-corrected chi connectivity index (χ3v) is 4.21. The SMILES string of the molecule is CC(NC(=O)c1ccc(N)c([N+](=O)[O-])c1)C1CCCCC1. The number of hydrogen-bond acceptors (Lipinski definition) is 4. The van der Waals surface area contributed by atoms with E-state index < -0.39 is 4.92 Å². The van der Waals surface area contributed by atoms with Gasteiger partial charge in [0, 0.05) is 17.7 Å². The molecule has 1 amide bonds. The van der Waals surface area contributed by atoms with E-state index in [0.29, 0.717) is 5.92 Å². The second-order valence-electron chi connectivity index (χ2n) is 5.69. The number of benzene rings is 1. The summed E-state index contributed by atoms with van der Waals surface area (Å²) in [6, 6.07) is 4.23. The average molecular weight is 291 g/mol. The molecule has 1 atom stereocenters. The molecule has 1 aliphatic rings. The van der Waals surface area contributed by atoms with Gasteiger partial charge in [-0.15, -0.1) is 0 Å². The highest BCUT2D eigenvalue weighted by Crippen LogP contribution is 2.27. The monoisotopic (exact) mass is 291 g/mol. The van der Waals surface area contributed by atoms with Crippen LogP contribution in [0.1, 0.15) is 49.4 Å². The molecule has 1 unspecified atom stereocenters. The molecule has 1 saturated carbocycles. The Kier molecular flexibility index (Phi) is 4.77. The van der Waals surface area contributed by atoms with E-state index in [9.17, 15) is 14.9 Å². The van der Waals surface area contributed by atoms with Gasteiger partial charge in [-0.1, -0.05) is 19.3 Å². The molecule has 1 fully saturated rings. The number of nitro groups is 1. The highest BCUT2D eigenvalue weighted by atomic mass is 16.6. The Morgan fingerprint density at radius 3 is 2.67 bits per heavy atom. The van der Waals surface area contributed by atoms with E-state index in [-0.39, 0.29) is 28.9 Å². The first-order chi connectivity index (χ1) is 9.99. The summed E-state index contributed by atoms with van der Waals surface area (Å²) in [5.74, 6) is 0.211. The van der Waals surface area contributed by atoms with Crippen molar-refractivity contribution < 1.29 is 9.72 Å². The number of amides is 1. The quantitative estimate of drug-likeness (QED) is 0.506. The normalized spacial score (nSPS) is 17.2. The smallest absolute Gasteiger partial charge is 0.292 e. The number of nitrogens with two attached hydrogens (primary N) is 1. The molecule has 6 heteroatoms. The van der Waals surface area contributed by atoms with Crippen LogP contribution < -0.4 is 11.1 Å². The van der Waals surface area contributed by atoms with E-state index in [1.54, 1.807) is 0 Å². The van der Waals surface area contributed by atoms with Crippen molar-refractivity contribution in [3.05, 3.63) is 33.9 Å². The van der Waals surface area contributed by atoms with Gasteiger partial charge in [-0.3, -0.25) is 14.9 Å². The molecule has 0 bridgehead atoms. The van der Waals surface area contributed by atoms with Crippen LogP contribution in [0.2, 0.25) is 0 Å². The zero-order valence-corrected chi connectivity index (χ0v) is 12.2. The van der Waals surface area contributed by atoms with Crippen LogP contribution >= 0.6 is 0 Å². The molecule has 1 aliphatic carbocycles. The van der Waals surface area contributed by atoms with Crippen molar-refractivity contribution in [3.63, 3.8) is 0 Å². The highest BCUT2D eigenvalue weighted by molar-refractivity contribution is 5.95. The van der Waals surface area contributed by atoms with Crippen molar-refractivity contribution in [3.8, 4) is 0 Å². The van der Waals surface area contributed by atoms with Crippen molar-refractivity contribution in [1.82, 2.24) is 5.32 Å². The van der Waals surface area contributed by atoms with Crippen LogP contribution in [-0.4, -0.2) is 16.9 Å². The summed E-state index contributed by atoms with van der Waals surface area (Å²) in [5, 5.41) is 13.8. The van der Waals surface area contributed by atoms with Crippen molar-refractivity contribution in [1.29, 1.82) is 0 Å². The van der Waals surface area contributed by atoms with Gasteiger partial charge in [-0.05, 0) is 37.8 Å². The molecule has 1 aromatic rings. The summed E-state index contributed by atoms with van der Waals surface area (Å²) < 4.78 is 0. The summed E-state index contributed by atoms with van der Waals surface area (Å²) in [4.78, 5) is 22.5. The van der Waals surface area contributed by atoms with E-state index in [1.165, 1.54) is 37.5 Å². The first kappa shape index (κ1) is 15.3. The van der Waals surface area contributed by atoms with Crippen molar-refractivity contribution >= 4 is 17.3 Å². The number of carbonyl (C=O) groups excluding carboxylic acids is 1. The Morgan fingerprint density at radius 2 is 2.05 bits per heavy atom. The summed E-state index contributed by atoms with van der Waals surface area (Å²) >= 11 is 0. The fraction of sp³-hybridized carbons (Fsp3) is 0.533. The number of nitrogens with one attached hydrogen (secondary N) is 1. The van der Waals surface area contributed by atoms with Crippen LogP contribution in [-0.2, 0) is 0 Å². The summed E-state index contributed by atoms with van der Waals surface area (Å²) in [6.07, 6.45) is 5.93. The number of anilines is 1. The molecule has 0 saturated heterocycles. The van der Waals surface area contributed by atoms with E-state index in [4.69, 9.17) is 5.73 Å². The van der Waals surface area contributed by atoms with Crippen molar-refractivity contribution in [2.75, 3.05) is 5.73 Å². The van der Waals surface area contributed by atoms with Crippen LogP contribution in [0.4, 0.5) is 11.4 Å². The number of rotatable bonds is 4. The summed E-state index contributed by atoms with van der Waals surface area (Å²) in [5.41, 5.74) is 5.65.